The van der Waals surface area contributed by atoms with Crippen molar-refractivity contribution >= 4 is 23.9 Å². The van der Waals surface area contributed by atoms with Crippen LogP contribution in [0.3, 0.4) is 0 Å². The van der Waals surface area contributed by atoms with E-state index in [9.17, 15) is 0 Å². The number of hydrogen-bond acceptors (Lipinski definition) is 8. The molecule has 0 fully saturated rings. The molecule has 2 rings (SSSR count). The Labute approximate surface area is 112 Å². The fourth-order valence-electron chi connectivity index (χ4n) is 0.925. The lowest BCUT2D eigenvalue weighted by molar-refractivity contribution is 0.818. The van der Waals surface area contributed by atoms with Crippen molar-refractivity contribution in [3.63, 3.8) is 0 Å². The van der Waals surface area contributed by atoms with Crippen molar-refractivity contribution in [3.05, 3.63) is 11.6 Å². The molecule has 2 aromatic heterocycles. The topological polar surface area (TPSA) is 87.2 Å². The summed E-state index contributed by atoms with van der Waals surface area (Å²) in [6.45, 7) is 3.58. The second kappa shape index (κ2) is 6.36. The first-order valence-corrected chi connectivity index (χ1v) is 6.88. The van der Waals surface area contributed by atoms with E-state index in [0.717, 1.165) is 0 Å². The van der Waals surface area contributed by atoms with E-state index in [1.165, 1.54) is 32.3 Å². The molecule has 8 nitrogen and oxygen atoms in total. The van der Waals surface area contributed by atoms with Crippen molar-refractivity contribution in [3.8, 4) is 11.8 Å². The number of nitrogens with zero attached hydrogens (tertiary/aromatic N) is 8. The Kier molecular flexibility index (Phi) is 4.54. The Morgan fingerprint density at radius 1 is 0.889 bits per heavy atom. The maximum atomic E-state index is 4.03. The molecule has 0 atom stereocenters. The van der Waals surface area contributed by atoms with E-state index in [-0.39, 0.29) is 0 Å². The maximum Gasteiger partial charge on any atom is 0.172 e. The maximum absolute atomic E-state index is 4.03. The summed E-state index contributed by atoms with van der Waals surface area (Å²) in [4.78, 5) is 0. The van der Waals surface area contributed by atoms with Crippen LogP contribution >= 0.6 is 23.9 Å². The Balaban J connectivity index is 1.67. The summed E-state index contributed by atoms with van der Waals surface area (Å²) in [5.41, 5.74) is 0. The minimum Gasteiger partial charge on any atom is -0.125 e. The van der Waals surface area contributed by atoms with Crippen LogP contribution in [0.1, 0.15) is 11.6 Å². The molecule has 0 aliphatic heterocycles. The molecule has 0 N–H and O–H groups in total. The quantitative estimate of drug-likeness (QED) is 0.723. The van der Waals surface area contributed by atoms with E-state index in [4.69, 9.17) is 0 Å². The molecular weight excluding hydrogens is 272 g/mol. The van der Waals surface area contributed by atoms with Crippen LogP contribution in [0.4, 0.5) is 0 Å². The van der Waals surface area contributed by atoms with Gasteiger partial charge in [0.25, 0.3) is 0 Å². The summed E-state index contributed by atoms with van der Waals surface area (Å²) in [5, 5.41) is 23.2. The van der Waals surface area contributed by atoms with Gasteiger partial charge in [0.05, 0.1) is 11.5 Å². The summed E-state index contributed by atoms with van der Waals surface area (Å²) in [6.07, 6.45) is 0. The minimum atomic E-state index is 0.611. The summed E-state index contributed by atoms with van der Waals surface area (Å²) in [5.74, 6) is 8.51. The molecule has 0 aliphatic rings. The summed E-state index contributed by atoms with van der Waals surface area (Å²) >= 11 is 2.78. The Hall–Kier alpha value is -1.60. The van der Waals surface area contributed by atoms with Gasteiger partial charge in [0.1, 0.15) is 0 Å². The Morgan fingerprint density at radius 3 is 1.67 bits per heavy atom. The van der Waals surface area contributed by atoms with Crippen LogP contribution in [0, 0.1) is 25.7 Å². The van der Waals surface area contributed by atoms with Gasteiger partial charge in [-0.15, -0.1) is 28.8 Å². The second-order valence-electron chi connectivity index (χ2n) is 3.08. The minimum absolute atomic E-state index is 0.611. The SMILES string of the molecule is Cc1nnn(SCC#CCSn2nnc(C)n2)n1. The van der Waals surface area contributed by atoms with E-state index in [0.29, 0.717) is 23.2 Å². The molecule has 0 spiro atoms. The smallest absolute Gasteiger partial charge is 0.125 e. The molecule has 0 aliphatic carbocycles. The highest BCUT2D eigenvalue weighted by Crippen LogP contribution is 2.01. The normalized spacial score (nSPS) is 10.1. The number of aryl methyl sites for hydroxylation is 2. The van der Waals surface area contributed by atoms with Gasteiger partial charge in [-0.25, -0.2) is 0 Å². The van der Waals surface area contributed by atoms with Crippen molar-refractivity contribution in [2.45, 2.75) is 13.8 Å². The lowest BCUT2D eigenvalue weighted by Gasteiger charge is -1.90. The van der Waals surface area contributed by atoms with E-state index in [1.807, 2.05) is 0 Å². The number of aromatic nitrogens is 8. The molecule has 18 heavy (non-hydrogen) atoms. The first-order chi connectivity index (χ1) is 8.74. The zero-order chi connectivity index (χ0) is 12.8. The number of tetrazole rings is 2. The molecule has 0 saturated heterocycles. The molecule has 10 heteroatoms. The number of hydrogen-bond donors (Lipinski definition) is 0. The standard InChI is InChI=1S/C8H10N8S2/c1-7-9-13-15(11-7)17-5-3-4-6-18-16-12-8(2)10-14-16/h5-6H2,1-2H3. The summed E-state index contributed by atoms with van der Waals surface area (Å²) in [7, 11) is 0. The molecular formula is C8H10N8S2. The highest BCUT2D eigenvalue weighted by molar-refractivity contribution is 7.98. The van der Waals surface area contributed by atoms with Crippen LogP contribution in [-0.4, -0.2) is 50.7 Å². The zero-order valence-electron chi connectivity index (χ0n) is 9.81. The van der Waals surface area contributed by atoms with Crippen molar-refractivity contribution in [2.75, 3.05) is 11.5 Å². The first-order valence-electron chi connectivity index (χ1n) is 4.99. The average molecular weight is 282 g/mol. The van der Waals surface area contributed by atoms with Gasteiger partial charge in [-0.3, -0.25) is 0 Å². The van der Waals surface area contributed by atoms with Crippen LogP contribution in [0.15, 0.2) is 0 Å². The predicted octanol–water partition coefficient (Wildman–Crippen LogP) is -0.0274. The highest BCUT2D eigenvalue weighted by atomic mass is 32.2. The third kappa shape index (κ3) is 4.01. The van der Waals surface area contributed by atoms with E-state index < -0.39 is 0 Å². The van der Waals surface area contributed by atoms with Crippen LogP contribution in [0.5, 0.6) is 0 Å². The molecule has 0 saturated carbocycles. The van der Waals surface area contributed by atoms with Gasteiger partial charge in [-0.2, -0.15) is 0 Å². The van der Waals surface area contributed by atoms with Gasteiger partial charge in [-0.1, -0.05) is 11.8 Å². The Morgan fingerprint density at radius 2 is 1.33 bits per heavy atom. The largest absolute Gasteiger partial charge is 0.172 e. The molecule has 2 heterocycles. The van der Waals surface area contributed by atoms with Crippen LogP contribution < -0.4 is 0 Å². The lowest BCUT2D eigenvalue weighted by atomic mass is 10.7. The molecule has 0 amide bonds. The van der Waals surface area contributed by atoms with Crippen molar-refractivity contribution in [1.29, 1.82) is 0 Å². The van der Waals surface area contributed by atoms with Crippen LogP contribution in [0.2, 0.25) is 0 Å². The van der Waals surface area contributed by atoms with E-state index >= 15 is 0 Å². The second-order valence-corrected chi connectivity index (χ2v) is 4.83. The predicted molar refractivity (Wildman–Crippen MR) is 68.6 cm³/mol. The summed E-state index contributed by atoms with van der Waals surface area (Å²) < 4.78 is 2.92. The van der Waals surface area contributed by atoms with Crippen molar-refractivity contribution in [1.82, 2.24) is 39.2 Å². The summed E-state index contributed by atoms with van der Waals surface area (Å²) in [6, 6.07) is 0. The third-order valence-electron chi connectivity index (χ3n) is 1.62. The van der Waals surface area contributed by atoms with Gasteiger partial charge in [0.15, 0.2) is 11.6 Å². The molecule has 0 aromatic carbocycles. The van der Waals surface area contributed by atoms with Gasteiger partial charge in [0.2, 0.25) is 0 Å². The Bertz CT molecular complexity index is 517. The molecule has 0 radical (unpaired) electrons. The third-order valence-corrected chi connectivity index (χ3v) is 2.94. The van der Waals surface area contributed by atoms with Crippen LogP contribution in [0.25, 0.3) is 0 Å². The lowest BCUT2D eigenvalue weighted by Crippen LogP contribution is -1.94. The average Bonchev–Trinajstić information content (AvgIpc) is 2.93. The van der Waals surface area contributed by atoms with Crippen molar-refractivity contribution in [2.24, 2.45) is 0 Å². The molecule has 94 valence electrons. The molecule has 2 aromatic rings. The van der Waals surface area contributed by atoms with Gasteiger partial charge in [0, 0.05) is 23.9 Å². The van der Waals surface area contributed by atoms with E-state index in [2.05, 4.69) is 42.7 Å². The first kappa shape index (κ1) is 12.8. The van der Waals surface area contributed by atoms with Gasteiger partial charge in [-0.05, 0) is 24.3 Å². The highest BCUT2D eigenvalue weighted by Gasteiger charge is 1.96. The van der Waals surface area contributed by atoms with E-state index in [1.54, 1.807) is 13.8 Å². The number of rotatable bonds is 4. The zero-order valence-corrected chi connectivity index (χ0v) is 11.4. The fourth-order valence-corrected chi connectivity index (χ4v) is 2.02. The van der Waals surface area contributed by atoms with Gasteiger partial charge < -0.3 is 0 Å². The van der Waals surface area contributed by atoms with Crippen molar-refractivity contribution < 1.29 is 0 Å². The fraction of sp³-hybridized carbons (Fsp3) is 0.500. The van der Waals surface area contributed by atoms with Gasteiger partial charge >= 0.3 is 0 Å². The monoisotopic (exact) mass is 282 g/mol. The molecule has 0 unspecified atom stereocenters. The van der Waals surface area contributed by atoms with Crippen LogP contribution in [-0.2, 0) is 0 Å². The molecule has 0 bridgehead atoms.